The maximum atomic E-state index is 13.0. The minimum atomic E-state index is -0.0847. The van der Waals surface area contributed by atoms with E-state index >= 15 is 0 Å². The van der Waals surface area contributed by atoms with E-state index in [4.69, 9.17) is 17.0 Å². The maximum Gasteiger partial charge on any atom is 0.167 e. The Bertz CT molecular complexity index is 983. The number of nitrogens with one attached hydrogen (secondary N) is 2. The van der Waals surface area contributed by atoms with E-state index in [0.29, 0.717) is 23.5 Å². The van der Waals surface area contributed by atoms with Crippen molar-refractivity contribution in [2.45, 2.75) is 12.8 Å². The molecule has 1 aromatic carbocycles. The zero-order valence-electron chi connectivity index (χ0n) is 14.9. The number of ether oxygens (including phenoxy) is 1. The lowest BCUT2D eigenvalue weighted by Gasteiger charge is -2.21. The molecule has 5 nitrogen and oxygen atoms in total. The number of benzene rings is 1. The molecule has 0 saturated carbocycles. The molecule has 0 aliphatic heterocycles. The highest BCUT2D eigenvalue weighted by Crippen LogP contribution is 2.40. The molecule has 2 aromatic heterocycles. The number of para-hydroxylation sites is 1. The largest absolute Gasteiger partial charge is 0.490 e. The molecule has 3 aromatic rings. The van der Waals surface area contributed by atoms with Crippen LogP contribution < -0.4 is 5.32 Å². The summed E-state index contributed by atoms with van der Waals surface area (Å²) in [6.07, 6.45) is 4.50. The van der Waals surface area contributed by atoms with Crippen LogP contribution in [0.15, 0.2) is 54.9 Å². The molecule has 1 unspecified atom stereocenters. The molecule has 136 valence electrons. The summed E-state index contributed by atoms with van der Waals surface area (Å²) in [6.45, 7) is 0. The monoisotopic (exact) mass is 377 g/mol. The standard InChI is InChI=1S/C21H19N3O2S/c1-26-21(27)14-11-16-18(17(25)12-14)20(23-15-5-3-2-4-6-15)19(24-16)13-7-9-22-10-8-13/h2-10,14,23-24H,11-12H2,1H3. The van der Waals surface area contributed by atoms with E-state index in [1.807, 2.05) is 42.5 Å². The van der Waals surface area contributed by atoms with Crippen LogP contribution in [-0.2, 0) is 11.2 Å². The first-order chi connectivity index (χ1) is 13.2. The maximum absolute atomic E-state index is 13.0. The van der Waals surface area contributed by atoms with Gasteiger partial charge in [0.05, 0.1) is 24.1 Å². The van der Waals surface area contributed by atoms with Crippen molar-refractivity contribution < 1.29 is 9.53 Å². The third-order valence-corrected chi connectivity index (χ3v) is 5.29. The van der Waals surface area contributed by atoms with Gasteiger partial charge in [-0.05, 0) is 42.9 Å². The smallest absolute Gasteiger partial charge is 0.167 e. The minimum Gasteiger partial charge on any atom is -0.490 e. The van der Waals surface area contributed by atoms with Gasteiger partial charge in [0, 0.05) is 41.7 Å². The van der Waals surface area contributed by atoms with E-state index in [-0.39, 0.29) is 11.7 Å². The number of ketones is 1. The number of H-pyrrole nitrogens is 1. The van der Waals surface area contributed by atoms with Gasteiger partial charge in [0.15, 0.2) is 10.8 Å². The van der Waals surface area contributed by atoms with Crippen molar-refractivity contribution in [2.75, 3.05) is 12.4 Å². The van der Waals surface area contributed by atoms with E-state index in [0.717, 1.165) is 28.3 Å². The van der Waals surface area contributed by atoms with E-state index in [9.17, 15) is 4.79 Å². The van der Waals surface area contributed by atoms with Crippen LogP contribution in [0.1, 0.15) is 22.5 Å². The second kappa shape index (κ2) is 7.32. The van der Waals surface area contributed by atoms with Gasteiger partial charge in [0.2, 0.25) is 0 Å². The number of hydrogen-bond donors (Lipinski definition) is 2. The lowest BCUT2D eigenvalue weighted by atomic mass is 9.86. The van der Waals surface area contributed by atoms with Crippen LogP contribution in [0.5, 0.6) is 0 Å². The average molecular weight is 377 g/mol. The van der Waals surface area contributed by atoms with Crippen molar-refractivity contribution in [3.8, 4) is 11.3 Å². The minimum absolute atomic E-state index is 0.0654. The third kappa shape index (κ3) is 3.36. The second-order valence-electron chi connectivity index (χ2n) is 6.51. The summed E-state index contributed by atoms with van der Waals surface area (Å²) in [4.78, 5) is 20.5. The molecule has 0 bridgehead atoms. The fraction of sp³-hybridized carbons (Fsp3) is 0.190. The molecule has 0 radical (unpaired) electrons. The number of carbonyl (C=O) groups excluding carboxylic acids is 1. The van der Waals surface area contributed by atoms with Gasteiger partial charge in [-0.15, -0.1) is 0 Å². The Kier molecular flexibility index (Phi) is 4.73. The molecule has 0 fully saturated rings. The fourth-order valence-corrected chi connectivity index (χ4v) is 3.68. The Morgan fingerprint density at radius 2 is 1.93 bits per heavy atom. The number of pyridine rings is 1. The predicted molar refractivity (Wildman–Crippen MR) is 109 cm³/mol. The first-order valence-electron chi connectivity index (χ1n) is 8.75. The zero-order valence-corrected chi connectivity index (χ0v) is 15.7. The van der Waals surface area contributed by atoms with Gasteiger partial charge < -0.3 is 15.0 Å². The van der Waals surface area contributed by atoms with Gasteiger partial charge in [-0.25, -0.2) is 0 Å². The number of fused-ring (bicyclic) bond motifs is 1. The summed E-state index contributed by atoms with van der Waals surface area (Å²) in [5.74, 6) is -0.0193. The number of rotatable bonds is 4. The van der Waals surface area contributed by atoms with Crippen molar-refractivity contribution in [3.63, 3.8) is 0 Å². The molecule has 2 heterocycles. The summed E-state index contributed by atoms with van der Waals surface area (Å²) in [5.41, 5.74) is 5.17. The predicted octanol–water partition coefficient (Wildman–Crippen LogP) is 4.54. The van der Waals surface area contributed by atoms with Crippen LogP contribution >= 0.6 is 12.2 Å². The molecule has 27 heavy (non-hydrogen) atoms. The summed E-state index contributed by atoms with van der Waals surface area (Å²) in [5, 5.41) is 3.91. The van der Waals surface area contributed by atoms with Crippen LogP contribution in [-0.4, -0.2) is 27.9 Å². The number of methoxy groups -OCH3 is 1. The van der Waals surface area contributed by atoms with E-state index in [2.05, 4.69) is 15.3 Å². The van der Waals surface area contributed by atoms with Crippen LogP contribution in [0.4, 0.5) is 11.4 Å². The molecule has 1 aliphatic rings. The first-order valence-corrected chi connectivity index (χ1v) is 9.16. The zero-order chi connectivity index (χ0) is 18.8. The Morgan fingerprint density at radius 1 is 1.19 bits per heavy atom. The Morgan fingerprint density at radius 3 is 2.63 bits per heavy atom. The van der Waals surface area contributed by atoms with Gasteiger partial charge in [-0.3, -0.25) is 9.78 Å². The molecule has 0 spiro atoms. The SMILES string of the molecule is COC(=S)C1CC(=O)c2c([nH]c(-c3ccncc3)c2Nc2ccccc2)C1. The van der Waals surface area contributed by atoms with Crippen molar-refractivity contribution in [1.82, 2.24) is 9.97 Å². The third-order valence-electron chi connectivity index (χ3n) is 4.79. The number of carbonyl (C=O) groups is 1. The molecule has 1 atom stereocenters. The van der Waals surface area contributed by atoms with Crippen LogP contribution in [0.3, 0.4) is 0 Å². The van der Waals surface area contributed by atoms with Crippen molar-refractivity contribution in [1.29, 1.82) is 0 Å². The highest BCUT2D eigenvalue weighted by molar-refractivity contribution is 7.80. The Balaban J connectivity index is 1.82. The Hall–Kier alpha value is -2.99. The topological polar surface area (TPSA) is 67.0 Å². The number of aromatic nitrogens is 2. The van der Waals surface area contributed by atoms with Crippen molar-refractivity contribution in [2.24, 2.45) is 5.92 Å². The quantitative estimate of drug-likeness (QED) is 0.654. The molecule has 2 N–H and O–H groups in total. The van der Waals surface area contributed by atoms with Crippen molar-refractivity contribution in [3.05, 3.63) is 66.1 Å². The molecule has 6 heteroatoms. The molecular formula is C21H19N3O2S. The molecule has 0 amide bonds. The number of thiocarbonyl (C=S) groups is 1. The summed E-state index contributed by atoms with van der Waals surface area (Å²) in [6, 6.07) is 13.7. The normalized spacial score (nSPS) is 15.9. The fourth-order valence-electron chi connectivity index (χ4n) is 3.52. The number of aromatic amines is 1. The molecule has 0 saturated heterocycles. The number of hydrogen-bond acceptors (Lipinski definition) is 5. The molecular weight excluding hydrogens is 358 g/mol. The van der Waals surface area contributed by atoms with Gasteiger partial charge in [0.1, 0.15) is 0 Å². The summed E-state index contributed by atoms with van der Waals surface area (Å²) in [7, 11) is 1.56. The van der Waals surface area contributed by atoms with Crippen LogP contribution in [0.2, 0.25) is 0 Å². The highest BCUT2D eigenvalue weighted by Gasteiger charge is 2.33. The lowest BCUT2D eigenvalue weighted by Crippen LogP contribution is -2.26. The number of Topliss-reactive ketones (excluding diaryl/α,β-unsaturated/α-hetero) is 1. The van der Waals surface area contributed by atoms with Crippen molar-refractivity contribution >= 4 is 34.4 Å². The lowest BCUT2D eigenvalue weighted by molar-refractivity contribution is 0.0959. The summed E-state index contributed by atoms with van der Waals surface area (Å²) < 4.78 is 5.21. The summed E-state index contributed by atoms with van der Waals surface area (Å²) >= 11 is 5.28. The number of anilines is 2. The van der Waals surface area contributed by atoms with E-state index < -0.39 is 0 Å². The first kappa shape index (κ1) is 17.4. The van der Waals surface area contributed by atoms with Gasteiger partial charge in [0.25, 0.3) is 0 Å². The van der Waals surface area contributed by atoms with Gasteiger partial charge in [-0.2, -0.15) is 0 Å². The Labute approximate surface area is 162 Å². The second-order valence-corrected chi connectivity index (χ2v) is 6.91. The van der Waals surface area contributed by atoms with Crippen LogP contribution in [0.25, 0.3) is 11.3 Å². The average Bonchev–Trinajstić information content (AvgIpc) is 3.07. The molecule has 1 aliphatic carbocycles. The van der Waals surface area contributed by atoms with E-state index in [1.54, 1.807) is 19.5 Å². The number of nitrogens with zero attached hydrogens (tertiary/aromatic N) is 1. The van der Waals surface area contributed by atoms with E-state index in [1.165, 1.54) is 0 Å². The highest BCUT2D eigenvalue weighted by atomic mass is 32.1. The van der Waals surface area contributed by atoms with Crippen LogP contribution in [0, 0.1) is 5.92 Å². The molecule has 4 rings (SSSR count). The van der Waals surface area contributed by atoms with Gasteiger partial charge >= 0.3 is 0 Å². The van der Waals surface area contributed by atoms with Gasteiger partial charge in [-0.1, -0.05) is 18.2 Å².